The van der Waals surface area contributed by atoms with E-state index in [0.29, 0.717) is 32.4 Å². The van der Waals surface area contributed by atoms with E-state index in [1.807, 2.05) is 6.92 Å². The molecule has 1 heterocycles. The number of piperidine rings is 1. The summed E-state index contributed by atoms with van der Waals surface area (Å²) in [4.78, 5) is 11.5. The van der Waals surface area contributed by atoms with Crippen LogP contribution >= 0.6 is 0 Å². The molecule has 1 saturated heterocycles. The second-order valence-corrected chi connectivity index (χ2v) is 6.81. The Kier molecular flexibility index (Phi) is 5.55. The average Bonchev–Trinajstić information content (AvgIpc) is 2.39. The summed E-state index contributed by atoms with van der Waals surface area (Å²) in [6.07, 6.45) is 1.69. The molecule has 1 unspecified atom stereocenters. The van der Waals surface area contributed by atoms with Crippen LogP contribution in [0.5, 0.6) is 0 Å². The second kappa shape index (κ2) is 6.49. The molecule has 0 aromatic carbocycles. The third-order valence-corrected chi connectivity index (χ3v) is 6.02. The molecule has 7 heteroatoms. The Morgan fingerprint density at radius 3 is 2.39 bits per heavy atom. The van der Waals surface area contributed by atoms with Crippen LogP contribution in [0.1, 0.15) is 26.2 Å². The normalized spacial score (nSPS) is 20.6. The zero-order valence-corrected chi connectivity index (χ0v) is 11.9. The summed E-state index contributed by atoms with van der Waals surface area (Å²) >= 11 is 0. The molecule has 106 valence electrons. The van der Waals surface area contributed by atoms with Gasteiger partial charge in [0.1, 0.15) is 0 Å². The third kappa shape index (κ3) is 3.21. The Morgan fingerprint density at radius 1 is 1.44 bits per heavy atom. The molecule has 0 saturated carbocycles. The van der Waals surface area contributed by atoms with Gasteiger partial charge in [-0.25, -0.2) is 12.7 Å². The fourth-order valence-electron chi connectivity index (χ4n) is 2.29. The van der Waals surface area contributed by atoms with Gasteiger partial charge in [0, 0.05) is 32.6 Å². The minimum absolute atomic E-state index is 0.00193. The molecule has 0 spiro atoms. The largest absolute Gasteiger partial charge is 0.359 e. The van der Waals surface area contributed by atoms with E-state index in [-0.39, 0.29) is 18.4 Å². The van der Waals surface area contributed by atoms with Gasteiger partial charge in [0.2, 0.25) is 15.9 Å². The number of amides is 1. The van der Waals surface area contributed by atoms with Crippen LogP contribution in [-0.4, -0.2) is 50.6 Å². The highest BCUT2D eigenvalue weighted by Gasteiger charge is 2.34. The monoisotopic (exact) mass is 277 g/mol. The minimum atomic E-state index is -3.30. The fraction of sp³-hybridized carbons (Fsp3) is 0.909. The number of carbonyl (C=O) groups is 1. The lowest BCUT2D eigenvalue weighted by Crippen LogP contribution is -2.47. The van der Waals surface area contributed by atoms with Gasteiger partial charge in [-0.3, -0.25) is 4.79 Å². The highest BCUT2D eigenvalue weighted by Crippen LogP contribution is 2.22. The number of sulfonamides is 1. The van der Waals surface area contributed by atoms with Crippen molar-refractivity contribution in [3.8, 4) is 0 Å². The zero-order valence-electron chi connectivity index (χ0n) is 11.1. The number of rotatable bonds is 5. The number of hydrogen-bond acceptors (Lipinski definition) is 4. The van der Waals surface area contributed by atoms with Crippen molar-refractivity contribution in [1.82, 2.24) is 9.62 Å². The van der Waals surface area contributed by atoms with Crippen LogP contribution < -0.4 is 11.1 Å². The maximum Gasteiger partial charge on any atom is 0.222 e. The summed E-state index contributed by atoms with van der Waals surface area (Å²) in [6, 6.07) is 0. The predicted molar refractivity (Wildman–Crippen MR) is 70.4 cm³/mol. The summed E-state index contributed by atoms with van der Waals surface area (Å²) in [7, 11) is -1.70. The van der Waals surface area contributed by atoms with Crippen molar-refractivity contribution in [2.45, 2.75) is 31.4 Å². The molecule has 1 atom stereocenters. The first-order chi connectivity index (χ1) is 8.47. The molecule has 1 aliphatic heterocycles. The molecule has 0 aliphatic carbocycles. The van der Waals surface area contributed by atoms with E-state index in [1.54, 1.807) is 7.05 Å². The Balaban J connectivity index is 2.65. The first kappa shape index (κ1) is 15.4. The van der Waals surface area contributed by atoms with Crippen LogP contribution in [-0.2, 0) is 14.8 Å². The van der Waals surface area contributed by atoms with Gasteiger partial charge in [0.05, 0.1) is 5.25 Å². The van der Waals surface area contributed by atoms with Crippen LogP contribution in [0.3, 0.4) is 0 Å². The van der Waals surface area contributed by atoms with Gasteiger partial charge in [-0.2, -0.15) is 0 Å². The van der Waals surface area contributed by atoms with Crippen LogP contribution in [0.25, 0.3) is 0 Å². The van der Waals surface area contributed by atoms with Crippen molar-refractivity contribution in [2.24, 2.45) is 11.7 Å². The van der Waals surface area contributed by atoms with E-state index in [4.69, 9.17) is 5.73 Å². The van der Waals surface area contributed by atoms with E-state index in [2.05, 4.69) is 5.32 Å². The molecule has 18 heavy (non-hydrogen) atoms. The van der Waals surface area contributed by atoms with Crippen molar-refractivity contribution >= 4 is 15.9 Å². The molecule has 0 aromatic rings. The summed E-state index contributed by atoms with van der Waals surface area (Å²) < 4.78 is 26.0. The van der Waals surface area contributed by atoms with Gasteiger partial charge < -0.3 is 11.1 Å². The highest BCUT2D eigenvalue weighted by atomic mass is 32.2. The number of nitrogens with two attached hydrogens (primary N) is 1. The lowest BCUT2D eigenvalue weighted by molar-refractivity contribution is -0.125. The van der Waals surface area contributed by atoms with Gasteiger partial charge in [-0.15, -0.1) is 0 Å². The van der Waals surface area contributed by atoms with Crippen molar-refractivity contribution < 1.29 is 13.2 Å². The Morgan fingerprint density at radius 2 is 2.00 bits per heavy atom. The Labute approximate surface area is 109 Å². The molecule has 6 nitrogen and oxygen atoms in total. The molecule has 1 aliphatic rings. The van der Waals surface area contributed by atoms with E-state index in [9.17, 15) is 13.2 Å². The zero-order chi connectivity index (χ0) is 13.8. The summed E-state index contributed by atoms with van der Waals surface area (Å²) in [5, 5.41) is 2.10. The van der Waals surface area contributed by atoms with Crippen molar-refractivity contribution in [2.75, 3.05) is 26.7 Å². The molecular formula is C11H23N3O3S. The minimum Gasteiger partial charge on any atom is -0.359 e. The average molecular weight is 277 g/mol. The van der Waals surface area contributed by atoms with Gasteiger partial charge in [0.25, 0.3) is 0 Å². The highest BCUT2D eigenvalue weighted by molar-refractivity contribution is 7.89. The maximum atomic E-state index is 12.2. The van der Waals surface area contributed by atoms with Crippen molar-refractivity contribution in [3.63, 3.8) is 0 Å². The molecule has 1 amide bonds. The summed E-state index contributed by atoms with van der Waals surface area (Å²) in [6.45, 7) is 2.80. The van der Waals surface area contributed by atoms with E-state index >= 15 is 0 Å². The molecule has 0 radical (unpaired) electrons. The van der Waals surface area contributed by atoms with Crippen LogP contribution in [0.2, 0.25) is 0 Å². The lowest BCUT2D eigenvalue weighted by Gasteiger charge is -2.32. The molecule has 3 N–H and O–H groups in total. The molecule has 1 rings (SSSR count). The SMILES string of the molecule is CCC(CN)S(=O)(=O)N1CCC(C(=O)NC)CC1. The molecule has 1 fully saturated rings. The summed E-state index contributed by atoms with van der Waals surface area (Å²) in [5.74, 6) is -0.0719. The van der Waals surface area contributed by atoms with E-state index in [0.717, 1.165) is 0 Å². The van der Waals surface area contributed by atoms with Gasteiger partial charge in [0.15, 0.2) is 0 Å². The maximum absolute atomic E-state index is 12.2. The third-order valence-electron chi connectivity index (χ3n) is 3.57. The first-order valence-electron chi connectivity index (χ1n) is 6.38. The van der Waals surface area contributed by atoms with Crippen LogP contribution in [0.15, 0.2) is 0 Å². The first-order valence-corrected chi connectivity index (χ1v) is 7.88. The number of carbonyl (C=O) groups excluding carboxylic acids is 1. The van der Waals surface area contributed by atoms with E-state index in [1.165, 1.54) is 4.31 Å². The van der Waals surface area contributed by atoms with Gasteiger partial charge in [-0.1, -0.05) is 6.92 Å². The smallest absolute Gasteiger partial charge is 0.222 e. The molecule has 0 bridgehead atoms. The fourth-order valence-corrected chi connectivity index (χ4v) is 4.09. The summed E-state index contributed by atoms with van der Waals surface area (Å²) in [5.41, 5.74) is 5.50. The second-order valence-electron chi connectivity index (χ2n) is 4.60. The van der Waals surface area contributed by atoms with Gasteiger partial charge in [-0.05, 0) is 19.3 Å². The quantitative estimate of drug-likeness (QED) is 0.709. The van der Waals surface area contributed by atoms with Crippen molar-refractivity contribution in [1.29, 1.82) is 0 Å². The van der Waals surface area contributed by atoms with Crippen molar-refractivity contribution in [3.05, 3.63) is 0 Å². The standard InChI is InChI=1S/C11H23N3O3S/c1-3-10(8-12)18(16,17)14-6-4-9(5-7-14)11(15)13-2/h9-10H,3-8,12H2,1-2H3,(H,13,15). The van der Waals surface area contributed by atoms with Gasteiger partial charge >= 0.3 is 0 Å². The lowest BCUT2D eigenvalue weighted by atomic mass is 9.97. The number of hydrogen-bond donors (Lipinski definition) is 2. The topological polar surface area (TPSA) is 92.5 Å². The van der Waals surface area contributed by atoms with Crippen LogP contribution in [0.4, 0.5) is 0 Å². The molecule has 0 aromatic heterocycles. The van der Waals surface area contributed by atoms with E-state index < -0.39 is 15.3 Å². The van der Waals surface area contributed by atoms with Crippen LogP contribution in [0, 0.1) is 5.92 Å². The molecular weight excluding hydrogens is 254 g/mol. The number of nitrogens with one attached hydrogen (secondary N) is 1. The number of nitrogens with zero attached hydrogens (tertiary/aromatic N) is 1. The Bertz CT molecular complexity index is 371. The Hall–Kier alpha value is -0.660. The predicted octanol–water partition coefficient (Wildman–Crippen LogP) is -0.488.